The summed E-state index contributed by atoms with van der Waals surface area (Å²) in [6.45, 7) is 4.72. The number of halogens is 2. The molecule has 4 nitrogen and oxygen atoms in total. The van der Waals surface area contributed by atoms with E-state index < -0.39 is 0 Å². The number of hydrogen-bond donors (Lipinski definition) is 0. The standard InChI is InChI=1S/C15H16ClIN2O2/c1-3-6-18-9-13(17)14(20)19(15(18)21)8-11-5-4-10(2)7-12(11)16/h4-5,7,9H,3,6,8H2,1-2H3. The van der Waals surface area contributed by atoms with Gasteiger partial charge >= 0.3 is 5.69 Å². The monoisotopic (exact) mass is 418 g/mol. The van der Waals surface area contributed by atoms with Gasteiger partial charge in [-0.05, 0) is 53.1 Å². The summed E-state index contributed by atoms with van der Waals surface area (Å²) in [5.41, 5.74) is 1.25. The fourth-order valence-corrected chi connectivity index (χ4v) is 3.03. The SMILES string of the molecule is CCCn1cc(I)c(=O)n(Cc2ccc(C)cc2Cl)c1=O. The Labute approximate surface area is 141 Å². The van der Waals surface area contributed by atoms with E-state index in [1.807, 2.05) is 54.6 Å². The van der Waals surface area contributed by atoms with Crippen LogP contribution >= 0.6 is 34.2 Å². The summed E-state index contributed by atoms with van der Waals surface area (Å²) < 4.78 is 3.35. The molecule has 0 atom stereocenters. The molecule has 0 unspecified atom stereocenters. The largest absolute Gasteiger partial charge is 0.331 e. The number of aryl methyl sites for hydroxylation is 2. The third-order valence-corrected chi connectivity index (χ3v) is 4.29. The van der Waals surface area contributed by atoms with Crippen molar-refractivity contribution in [1.29, 1.82) is 0 Å². The van der Waals surface area contributed by atoms with Crippen LogP contribution in [0, 0.1) is 10.5 Å². The van der Waals surface area contributed by atoms with Crippen molar-refractivity contribution in [2.45, 2.75) is 33.4 Å². The maximum absolute atomic E-state index is 12.4. The lowest BCUT2D eigenvalue weighted by atomic mass is 10.1. The molecule has 0 saturated carbocycles. The maximum atomic E-state index is 12.4. The number of aromatic nitrogens is 2. The van der Waals surface area contributed by atoms with Crippen LogP contribution < -0.4 is 11.2 Å². The molecule has 0 bridgehead atoms. The first-order valence-corrected chi connectivity index (χ1v) is 8.14. The van der Waals surface area contributed by atoms with Crippen molar-refractivity contribution in [3.8, 4) is 0 Å². The Balaban J connectivity index is 2.53. The second-order valence-corrected chi connectivity index (χ2v) is 6.51. The molecule has 2 aromatic rings. The van der Waals surface area contributed by atoms with Crippen LogP contribution in [0.4, 0.5) is 0 Å². The Morgan fingerprint density at radius 3 is 2.62 bits per heavy atom. The van der Waals surface area contributed by atoms with E-state index >= 15 is 0 Å². The zero-order valence-corrected chi connectivity index (χ0v) is 14.8. The Bertz CT molecular complexity index is 780. The lowest BCUT2D eigenvalue weighted by Gasteiger charge is -2.11. The molecule has 1 heterocycles. The first kappa shape index (κ1) is 16.3. The molecule has 0 fully saturated rings. The average molecular weight is 419 g/mol. The Kier molecular flexibility index (Phi) is 5.27. The molecule has 1 aromatic carbocycles. The molecular formula is C15H16ClIN2O2. The van der Waals surface area contributed by atoms with E-state index in [4.69, 9.17) is 11.6 Å². The average Bonchev–Trinajstić information content (AvgIpc) is 2.43. The van der Waals surface area contributed by atoms with E-state index in [9.17, 15) is 9.59 Å². The van der Waals surface area contributed by atoms with E-state index in [2.05, 4.69) is 0 Å². The van der Waals surface area contributed by atoms with Crippen LogP contribution in [0.1, 0.15) is 24.5 Å². The van der Waals surface area contributed by atoms with Crippen molar-refractivity contribution in [2.24, 2.45) is 0 Å². The normalized spacial score (nSPS) is 10.9. The van der Waals surface area contributed by atoms with Crippen LogP contribution in [0.3, 0.4) is 0 Å². The maximum Gasteiger partial charge on any atom is 0.331 e. The predicted molar refractivity (Wildman–Crippen MR) is 93.3 cm³/mol. The van der Waals surface area contributed by atoms with Gasteiger partial charge in [0.2, 0.25) is 0 Å². The number of rotatable bonds is 4. The Morgan fingerprint density at radius 2 is 2.00 bits per heavy atom. The van der Waals surface area contributed by atoms with Crippen molar-refractivity contribution in [3.05, 3.63) is 65.0 Å². The topological polar surface area (TPSA) is 44.0 Å². The molecule has 0 aliphatic heterocycles. The smallest absolute Gasteiger partial charge is 0.299 e. The molecule has 21 heavy (non-hydrogen) atoms. The van der Waals surface area contributed by atoms with Gasteiger partial charge in [0.15, 0.2) is 0 Å². The lowest BCUT2D eigenvalue weighted by Crippen LogP contribution is -2.41. The van der Waals surface area contributed by atoms with Crippen molar-refractivity contribution < 1.29 is 0 Å². The summed E-state index contributed by atoms with van der Waals surface area (Å²) in [6, 6.07) is 5.61. The molecule has 0 radical (unpaired) electrons. The van der Waals surface area contributed by atoms with Crippen LogP contribution in [0.5, 0.6) is 0 Å². The molecule has 0 amide bonds. The molecule has 0 N–H and O–H groups in total. The second kappa shape index (κ2) is 6.79. The molecule has 0 spiro atoms. The van der Waals surface area contributed by atoms with Gasteiger partial charge in [-0.3, -0.25) is 13.9 Å². The third kappa shape index (κ3) is 3.58. The summed E-state index contributed by atoms with van der Waals surface area (Å²) in [4.78, 5) is 24.6. The highest BCUT2D eigenvalue weighted by molar-refractivity contribution is 14.1. The summed E-state index contributed by atoms with van der Waals surface area (Å²) >= 11 is 8.16. The van der Waals surface area contributed by atoms with E-state index in [1.165, 1.54) is 4.57 Å². The first-order valence-electron chi connectivity index (χ1n) is 6.69. The molecule has 0 aliphatic carbocycles. The van der Waals surface area contributed by atoms with Crippen LogP contribution in [-0.4, -0.2) is 9.13 Å². The predicted octanol–water partition coefficient (Wildman–Crippen LogP) is 3.03. The zero-order chi connectivity index (χ0) is 15.6. The fourth-order valence-electron chi connectivity index (χ4n) is 2.11. The molecular weight excluding hydrogens is 403 g/mol. The van der Waals surface area contributed by atoms with Gasteiger partial charge in [0, 0.05) is 17.8 Å². The number of hydrogen-bond acceptors (Lipinski definition) is 2. The Morgan fingerprint density at radius 1 is 1.29 bits per heavy atom. The lowest BCUT2D eigenvalue weighted by molar-refractivity contribution is 0.566. The van der Waals surface area contributed by atoms with Gasteiger partial charge in [0.05, 0.1) is 10.1 Å². The van der Waals surface area contributed by atoms with Crippen LogP contribution in [0.25, 0.3) is 0 Å². The fraction of sp³-hybridized carbons (Fsp3) is 0.333. The van der Waals surface area contributed by atoms with Gasteiger partial charge in [0.1, 0.15) is 0 Å². The van der Waals surface area contributed by atoms with Crippen LogP contribution in [-0.2, 0) is 13.1 Å². The number of benzene rings is 1. The molecule has 0 aliphatic rings. The van der Waals surface area contributed by atoms with Gasteiger partial charge < -0.3 is 0 Å². The highest BCUT2D eigenvalue weighted by atomic mass is 127. The highest BCUT2D eigenvalue weighted by Gasteiger charge is 2.11. The summed E-state index contributed by atoms with van der Waals surface area (Å²) in [6.07, 6.45) is 2.45. The molecule has 1 aromatic heterocycles. The Hall–Kier alpha value is -1.08. The van der Waals surface area contributed by atoms with E-state index in [0.717, 1.165) is 17.5 Å². The van der Waals surface area contributed by atoms with Crippen molar-refractivity contribution in [3.63, 3.8) is 0 Å². The second-order valence-electron chi connectivity index (χ2n) is 4.94. The zero-order valence-electron chi connectivity index (χ0n) is 11.9. The molecule has 112 valence electrons. The van der Waals surface area contributed by atoms with Gasteiger partial charge in [-0.1, -0.05) is 30.7 Å². The highest BCUT2D eigenvalue weighted by Crippen LogP contribution is 2.17. The minimum Gasteiger partial charge on any atom is -0.299 e. The van der Waals surface area contributed by atoms with Gasteiger partial charge in [-0.15, -0.1) is 0 Å². The van der Waals surface area contributed by atoms with Gasteiger partial charge in [0.25, 0.3) is 5.56 Å². The van der Waals surface area contributed by atoms with E-state index in [1.54, 1.807) is 10.8 Å². The molecule has 0 saturated heterocycles. The summed E-state index contributed by atoms with van der Waals surface area (Å²) in [5, 5.41) is 0.571. The third-order valence-electron chi connectivity index (χ3n) is 3.20. The summed E-state index contributed by atoms with van der Waals surface area (Å²) in [5.74, 6) is 0. The summed E-state index contributed by atoms with van der Waals surface area (Å²) in [7, 11) is 0. The van der Waals surface area contributed by atoms with Crippen molar-refractivity contribution in [2.75, 3.05) is 0 Å². The van der Waals surface area contributed by atoms with Gasteiger partial charge in [-0.25, -0.2) is 4.79 Å². The van der Waals surface area contributed by atoms with Crippen LogP contribution in [0.2, 0.25) is 5.02 Å². The quantitative estimate of drug-likeness (QED) is 0.717. The van der Waals surface area contributed by atoms with Gasteiger partial charge in [-0.2, -0.15) is 0 Å². The van der Waals surface area contributed by atoms with E-state index in [0.29, 0.717) is 15.1 Å². The van der Waals surface area contributed by atoms with E-state index in [-0.39, 0.29) is 17.8 Å². The first-order chi connectivity index (χ1) is 9.93. The number of nitrogens with zero attached hydrogens (tertiary/aromatic N) is 2. The minimum atomic E-state index is -0.293. The van der Waals surface area contributed by atoms with Crippen LogP contribution in [0.15, 0.2) is 34.0 Å². The molecule has 6 heteroatoms. The van der Waals surface area contributed by atoms with Crippen molar-refractivity contribution in [1.82, 2.24) is 9.13 Å². The molecule has 2 rings (SSSR count). The minimum absolute atomic E-state index is 0.192. The van der Waals surface area contributed by atoms with Crippen molar-refractivity contribution >= 4 is 34.2 Å².